The van der Waals surface area contributed by atoms with Crippen LogP contribution in [-0.2, 0) is 11.2 Å². The average Bonchev–Trinajstić information content (AvgIpc) is 3.50. The van der Waals surface area contributed by atoms with Crippen LogP contribution in [0, 0.1) is 20.8 Å². The Hall–Kier alpha value is -3.71. The molecule has 6 nitrogen and oxygen atoms in total. The second kappa shape index (κ2) is 8.25. The highest BCUT2D eigenvalue weighted by Gasteiger charge is 2.46. The molecule has 0 saturated carbocycles. The van der Waals surface area contributed by atoms with Gasteiger partial charge in [0.25, 0.3) is 5.91 Å². The molecule has 172 valence electrons. The highest BCUT2D eigenvalue weighted by molar-refractivity contribution is 7.22. The maximum atomic E-state index is 13.5. The largest absolute Gasteiger partial charge is 0.503 e. The number of ketones is 1. The first kappa shape index (κ1) is 22.1. The van der Waals surface area contributed by atoms with Crippen LogP contribution in [-0.4, -0.2) is 21.8 Å². The van der Waals surface area contributed by atoms with Crippen LogP contribution in [0.5, 0.6) is 0 Å². The first-order valence-electron chi connectivity index (χ1n) is 11.1. The van der Waals surface area contributed by atoms with E-state index in [9.17, 15) is 14.7 Å². The number of aliphatic hydroxyl groups is 1. The number of anilines is 1. The summed E-state index contributed by atoms with van der Waals surface area (Å²) in [4.78, 5) is 33.0. The number of aliphatic hydroxyl groups excluding tert-OH is 1. The number of furan rings is 1. The lowest BCUT2D eigenvalue weighted by molar-refractivity contribution is -0.117. The molecule has 5 rings (SSSR count). The van der Waals surface area contributed by atoms with Gasteiger partial charge in [0, 0.05) is 0 Å². The Morgan fingerprint density at radius 3 is 2.50 bits per heavy atom. The number of nitrogens with zero attached hydrogens (tertiary/aromatic N) is 2. The quantitative estimate of drug-likeness (QED) is 0.352. The molecule has 1 aliphatic heterocycles. The van der Waals surface area contributed by atoms with Crippen molar-refractivity contribution in [2.75, 3.05) is 4.90 Å². The summed E-state index contributed by atoms with van der Waals surface area (Å²) < 4.78 is 6.49. The second-order valence-corrected chi connectivity index (χ2v) is 9.61. The van der Waals surface area contributed by atoms with Crippen molar-refractivity contribution in [3.8, 4) is 0 Å². The molecule has 4 aromatic rings. The number of aryl methyl sites for hydroxylation is 4. The standard InChI is InChI=1S/C27H24N2O4S/c1-5-17-7-9-18(10-8-17)23-21(24(30)19-11-6-16(4)33-19)25(31)26(32)29(23)27-28-22-15(3)12-14(2)13-20(22)34-27/h6-13,23,31H,5H2,1-4H3. The molecule has 2 aromatic heterocycles. The summed E-state index contributed by atoms with van der Waals surface area (Å²) in [7, 11) is 0. The highest BCUT2D eigenvalue weighted by atomic mass is 32.1. The van der Waals surface area contributed by atoms with Gasteiger partial charge in [-0.25, -0.2) is 4.98 Å². The molecule has 3 heterocycles. The number of carbonyl (C=O) groups is 2. The molecule has 0 spiro atoms. The fourth-order valence-corrected chi connectivity index (χ4v) is 5.61. The van der Waals surface area contributed by atoms with Gasteiger partial charge in [-0.2, -0.15) is 0 Å². The van der Waals surface area contributed by atoms with Crippen molar-refractivity contribution in [2.24, 2.45) is 0 Å². The number of hydrogen-bond acceptors (Lipinski definition) is 6. The zero-order chi connectivity index (χ0) is 24.1. The number of aromatic nitrogens is 1. The second-order valence-electron chi connectivity index (χ2n) is 8.60. The SMILES string of the molecule is CCc1ccc(C2C(C(=O)c3ccc(C)o3)=C(O)C(=O)N2c2nc3c(C)cc(C)cc3s2)cc1. The lowest BCUT2D eigenvalue weighted by Gasteiger charge is -2.24. The third-order valence-electron chi connectivity index (χ3n) is 6.15. The maximum absolute atomic E-state index is 13.5. The Bertz CT molecular complexity index is 1480. The number of fused-ring (bicyclic) bond motifs is 1. The smallest absolute Gasteiger partial charge is 0.296 e. The zero-order valence-electron chi connectivity index (χ0n) is 19.4. The highest BCUT2D eigenvalue weighted by Crippen LogP contribution is 2.44. The third-order valence-corrected chi connectivity index (χ3v) is 7.15. The normalized spacial score (nSPS) is 16.2. The van der Waals surface area contributed by atoms with Gasteiger partial charge in [0.05, 0.1) is 21.8 Å². The van der Waals surface area contributed by atoms with Crippen LogP contribution >= 0.6 is 11.3 Å². The molecule has 34 heavy (non-hydrogen) atoms. The van der Waals surface area contributed by atoms with Gasteiger partial charge in [0.2, 0.25) is 5.78 Å². The Morgan fingerprint density at radius 1 is 1.12 bits per heavy atom. The fraction of sp³-hybridized carbons (Fsp3) is 0.222. The molecule has 1 aliphatic rings. The van der Waals surface area contributed by atoms with Crippen molar-refractivity contribution in [2.45, 2.75) is 40.2 Å². The van der Waals surface area contributed by atoms with Crippen LogP contribution in [0.15, 0.2) is 64.3 Å². The predicted octanol–water partition coefficient (Wildman–Crippen LogP) is 6.16. The third kappa shape index (κ3) is 3.53. The summed E-state index contributed by atoms with van der Waals surface area (Å²) in [6, 6.07) is 14.2. The van der Waals surface area contributed by atoms with E-state index < -0.39 is 23.5 Å². The van der Waals surface area contributed by atoms with Gasteiger partial charge in [-0.15, -0.1) is 0 Å². The summed E-state index contributed by atoms with van der Waals surface area (Å²) in [5, 5.41) is 11.4. The van der Waals surface area contributed by atoms with E-state index in [0.29, 0.717) is 16.5 Å². The molecule has 1 atom stereocenters. The van der Waals surface area contributed by atoms with Gasteiger partial charge in [0.1, 0.15) is 5.76 Å². The molecular weight excluding hydrogens is 448 g/mol. The summed E-state index contributed by atoms with van der Waals surface area (Å²) in [6.07, 6.45) is 0.864. The summed E-state index contributed by atoms with van der Waals surface area (Å²) >= 11 is 1.37. The number of thiazole rings is 1. The van der Waals surface area contributed by atoms with Crippen LogP contribution in [0.3, 0.4) is 0 Å². The maximum Gasteiger partial charge on any atom is 0.296 e. The average molecular weight is 473 g/mol. The van der Waals surface area contributed by atoms with Gasteiger partial charge >= 0.3 is 0 Å². The summed E-state index contributed by atoms with van der Waals surface area (Å²) in [5.74, 6) is -1.08. The number of rotatable bonds is 5. The van der Waals surface area contributed by atoms with Crippen LogP contribution in [0.4, 0.5) is 5.13 Å². The molecule has 7 heteroatoms. The van der Waals surface area contributed by atoms with Crippen molar-refractivity contribution < 1.29 is 19.1 Å². The van der Waals surface area contributed by atoms with Gasteiger partial charge in [-0.05, 0) is 67.6 Å². The van der Waals surface area contributed by atoms with E-state index in [-0.39, 0.29) is 11.3 Å². The molecule has 1 amide bonds. The first-order chi connectivity index (χ1) is 16.3. The van der Waals surface area contributed by atoms with E-state index in [1.807, 2.05) is 50.2 Å². The minimum absolute atomic E-state index is 0.00393. The van der Waals surface area contributed by atoms with Gasteiger partial charge in [-0.3, -0.25) is 14.5 Å². The van der Waals surface area contributed by atoms with E-state index in [1.54, 1.807) is 19.1 Å². The van der Waals surface area contributed by atoms with E-state index in [2.05, 4.69) is 6.92 Å². The van der Waals surface area contributed by atoms with E-state index >= 15 is 0 Å². The molecule has 1 N–H and O–H groups in total. The molecule has 0 aliphatic carbocycles. The number of benzene rings is 2. The van der Waals surface area contributed by atoms with Gasteiger partial charge in [0.15, 0.2) is 16.7 Å². The topological polar surface area (TPSA) is 83.6 Å². The Labute approximate surface area is 201 Å². The minimum atomic E-state index is -0.821. The Balaban J connectivity index is 1.68. The molecule has 0 fully saturated rings. The van der Waals surface area contributed by atoms with E-state index in [4.69, 9.17) is 9.40 Å². The molecule has 0 saturated heterocycles. The van der Waals surface area contributed by atoms with Crippen LogP contribution in [0.2, 0.25) is 0 Å². The van der Waals surface area contributed by atoms with E-state index in [1.165, 1.54) is 16.2 Å². The summed E-state index contributed by atoms with van der Waals surface area (Å²) in [5.41, 5.74) is 4.76. The number of carbonyl (C=O) groups excluding carboxylic acids is 2. The van der Waals surface area contributed by atoms with Crippen LogP contribution in [0.1, 0.15) is 51.5 Å². The van der Waals surface area contributed by atoms with Crippen molar-refractivity contribution in [3.05, 3.63) is 93.6 Å². The molecule has 2 aromatic carbocycles. The van der Waals surface area contributed by atoms with E-state index in [0.717, 1.165) is 33.3 Å². The van der Waals surface area contributed by atoms with Crippen molar-refractivity contribution in [1.82, 2.24) is 4.98 Å². The molecule has 0 radical (unpaired) electrons. The predicted molar refractivity (Wildman–Crippen MR) is 133 cm³/mol. The first-order valence-corrected chi connectivity index (χ1v) is 11.9. The van der Waals surface area contributed by atoms with Crippen LogP contribution in [0.25, 0.3) is 10.2 Å². The molecule has 0 bridgehead atoms. The van der Waals surface area contributed by atoms with Gasteiger partial charge < -0.3 is 9.52 Å². The lowest BCUT2D eigenvalue weighted by atomic mass is 9.94. The Morgan fingerprint density at radius 2 is 1.85 bits per heavy atom. The minimum Gasteiger partial charge on any atom is -0.503 e. The van der Waals surface area contributed by atoms with Crippen molar-refractivity contribution >= 4 is 38.4 Å². The molecule has 1 unspecified atom stereocenters. The number of Topliss-reactive ketones (excluding diaryl/α,β-unsaturated/α-hetero) is 1. The monoisotopic (exact) mass is 472 g/mol. The van der Waals surface area contributed by atoms with Gasteiger partial charge in [-0.1, -0.05) is 48.6 Å². The zero-order valence-corrected chi connectivity index (χ0v) is 20.2. The molecular formula is C27H24N2O4S. The van der Waals surface area contributed by atoms with Crippen LogP contribution < -0.4 is 4.90 Å². The lowest BCUT2D eigenvalue weighted by Crippen LogP contribution is -2.31. The number of amides is 1. The van der Waals surface area contributed by atoms with Crippen molar-refractivity contribution in [3.63, 3.8) is 0 Å². The number of hydrogen-bond donors (Lipinski definition) is 1. The van der Waals surface area contributed by atoms with Crippen molar-refractivity contribution in [1.29, 1.82) is 0 Å². The summed E-state index contributed by atoms with van der Waals surface area (Å²) in [6.45, 7) is 7.80. The fourth-order valence-electron chi connectivity index (χ4n) is 4.44. The Kier molecular flexibility index (Phi) is 5.37.